The molecule has 3 rings (SSSR count). The number of hydrogen-bond donors (Lipinski definition) is 0. The van der Waals surface area contributed by atoms with E-state index in [9.17, 15) is 9.90 Å². The molecule has 0 aliphatic heterocycles. The van der Waals surface area contributed by atoms with Crippen LogP contribution < -0.4 is 5.11 Å². The number of rotatable bonds is 2. The fraction of sp³-hybridized carbons (Fsp3) is 0. The zero-order chi connectivity index (χ0) is 20.2. The average molecular weight is 472 g/mol. The summed E-state index contributed by atoms with van der Waals surface area (Å²) in [6.07, 6.45) is 3.97. The van der Waals surface area contributed by atoms with E-state index in [1.165, 1.54) is 12.1 Å². The predicted molar refractivity (Wildman–Crippen MR) is 99.1 cm³/mol. The van der Waals surface area contributed by atoms with Gasteiger partial charge in [-0.3, -0.25) is 14.8 Å². The Labute approximate surface area is 180 Å². The molecule has 1 radical (unpaired) electrons. The van der Waals surface area contributed by atoms with Gasteiger partial charge in [0.05, 0.1) is 16.5 Å². The summed E-state index contributed by atoms with van der Waals surface area (Å²) < 4.78 is 0. The smallest absolute Gasteiger partial charge is 0.871 e. The minimum atomic E-state index is -1.75. The summed E-state index contributed by atoms with van der Waals surface area (Å²) in [5, 5.41) is 25.9. The average Bonchev–Trinajstić information content (AvgIpc) is 2.66. The molecule has 0 unspecified atom stereocenters. The summed E-state index contributed by atoms with van der Waals surface area (Å²) in [5.41, 5.74) is 1.82. The maximum atomic E-state index is 10.9. The Morgan fingerprint density at radius 2 is 1.39 bits per heavy atom. The van der Waals surface area contributed by atoms with Crippen molar-refractivity contribution in [3.05, 3.63) is 91.9 Å². The van der Waals surface area contributed by atoms with Crippen LogP contribution in [0, 0.1) is 15.3 Å². The molecule has 0 saturated heterocycles. The van der Waals surface area contributed by atoms with E-state index in [1.54, 1.807) is 12.4 Å². The van der Waals surface area contributed by atoms with Crippen LogP contribution >= 0.6 is 23.2 Å². The number of halogens is 2. The number of hydrogen-bond acceptors (Lipinski definition) is 7. The molecule has 8 nitrogen and oxygen atoms in total. The fourth-order valence-electron chi connectivity index (χ4n) is 1.70. The first-order valence-corrected chi connectivity index (χ1v) is 7.86. The first kappa shape index (κ1) is 25.3. The van der Waals surface area contributed by atoms with E-state index >= 15 is 0 Å². The van der Waals surface area contributed by atoms with Gasteiger partial charge >= 0.3 is 17.1 Å². The van der Waals surface area contributed by atoms with Crippen LogP contribution in [0.15, 0.2) is 60.9 Å². The summed E-state index contributed by atoms with van der Waals surface area (Å²) >= 11 is 11.0. The minimum absolute atomic E-state index is 0. The molecule has 0 saturated carbocycles. The molecule has 2 heterocycles. The Balaban J connectivity index is 0.000000428. The number of pyridine rings is 2. The van der Waals surface area contributed by atoms with Crippen molar-refractivity contribution in [2.45, 2.75) is 0 Å². The SMILES string of the molecule is O=Cc1cc(Cl)cc(Cl)c1[O-].O=[N+]([O-])[O-].[Cu+2].c1ccc(-c2ccccn2)nc1. The van der Waals surface area contributed by atoms with E-state index in [0.717, 1.165) is 11.4 Å². The van der Waals surface area contributed by atoms with Crippen molar-refractivity contribution in [1.29, 1.82) is 0 Å². The summed E-state index contributed by atoms with van der Waals surface area (Å²) in [5.74, 6) is -0.480. The zero-order valence-electron chi connectivity index (χ0n) is 13.8. The minimum Gasteiger partial charge on any atom is -0.871 e. The van der Waals surface area contributed by atoms with Crippen molar-refractivity contribution < 1.29 is 32.1 Å². The molecule has 1 aromatic carbocycles. The van der Waals surface area contributed by atoms with Crippen LogP contribution in [-0.4, -0.2) is 21.3 Å². The van der Waals surface area contributed by atoms with Gasteiger partial charge in [-0.05, 0) is 36.4 Å². The quantitative estimate of drug-likeness (QED) is 0.240. The van der Waals surface area contributed by atoms with Gasteiger partial charge in [0.2, 0.25) is 0 Å². The summed E-state index contributed by atoms with van der Waals surface area (Å²) in [6, 6.07) is 14.2. The molecule has 0 atom stereocenters. The molecule has 28 heavy (non-hydrogen) atoms. The topological polar surface area (TPSA) is 132 Å². The number of benzene rings is 1. The van der Waals surface area contributed by atoms with Crippen LogP contribution in [0.25, 0.3) is 11.4 Å². The number of carbonyl (C=O) groups excluding carboxylic acids is 1. The van der Waals surface area contributed by atoms with E-state index in [4.69, 9.17) is 38.5 Å². The van der Waals surface area contributed by atoms with Crippen LogP contribution in [0.3, 0.4) is 0 Å². The molecule has 149 valence electrons. The Hall–Kier alpha value is -2.71. The third kappa shape index (κ3) is 9.29. The third-order valence-corrected chi connectivity index (χ3v) is 3.26. The van der Waals surface area contributed by atoms with Crippen LogP contribution in [0.1, 0.15) is 10.4 Å². The number of aldehydes is 1. The van der Waals surface area contributed by atoms with E-state index in [-0.39, 0.29) is 32.7 Å². The number of aromatic nitrogens is 2. The van der Waals surface area contributed by atoms with Gasteiger partial charge < -0.3 is 20.4 Å². The van der Waals surface area contributed by atoms with Crippen molar-refractivity contribution in [2.75, 3.05) is 0 Å². The third-order valence-electron chi connectivity index (χ3n) is 2.76. The van der Waals surface area contributed by atoms with Crippen molar-refractivity contribution in [3.8, 4) is 17.1 Å². The summed E-state index contributed by atoms with van der Waals surface area (Å²) in [6.45, 7) is 0. The van der Waals surface area contributed by atoms with Crippen LogP contribution in [0.5, 0.6) is 5.75 Å². The van der Waals surface area contributed by atoms with E-state index in [2.05, 4.69) is 9.97 Å². The van der Waals surface area contributed by atoms with E-state index in [1.807, 2.05) is 36.4 Å². The molecule has 0 amide bonds. The fourth-order valence-corrected chi connectivity index (χ4v) is 2.21. The van der Waals surface area contributed by atoms with Crippen molar-refractivity contribution in [1.82, 2.24) is 9.97 Å². The van der Waals surface area contributed by atoms with Crippen molar-refractivity contribution >= 4 is 29.5 Å². The molecular formula is C17H11Cl2CuN3O5. The van der Waals surface area contributed by atoms with Gasteiger partial charge in [-0.2, -0.15) is 0 Å². The molecule has 0 fully saturated rings. The van der Waals surface area contributed by atoms with Crippen LogP contribution in [0.4, 0.5) is 0 Å². The van der Waals surface area contributed by atoms with Crippen LogP contribution in [0.2, 0.25) is 10.0 Å². The second-order valence-corrected chi connectivity index (χ2v) is 5.42. The summed E-state index contributed by atoms with van der Waals surface area (Å²) in [4.78, 5) is 26.8. The van der Waals surface area contributed by atoms with Gasteiger partial charge in [-0.25, -0.2) is 0 Å². The normalized spacial score (nSPS) is 8.79. The van der Waals surface area contributed by atoms with Gasteiger partial charge in [-0.1, -0.05) is 41.1 Å². The first-order valence-electron chi connectivity index (χ1n) is 7.10. The maximum Gasteiger partial charge on any atom is 2.00 e. The Morgan fingerprint density at radius 3 is 1.75 bits per heavy atom. The Morgan fingerprint density at radius 1 is 0.929 bits per heavy atom. The van der Waals surface area contributed by atoms with Gasteiger partial charge in [0.1, 0.15) is 6.29 Å². The molecule has 0 bridgehead atoms. The molecule has 0 aliphatic rings. The number of nitrogens with zero attached hydrogens (tertiary/aromatic N) is 3. The first-order chi connectivity index (χ1) is 12.8. The Kier molecular flexibility index (Phi) is 12.2. The van der Waals surface area contributed by atoms with Gasteiger partial charge in [0.15, 0.2) is 0 Å². The number of carbonyl (C=O) groups is 1. The molecule has 3 aromatic rings. The van der Waals surface area contributed by atoms with Crippen LogP contribution in [-0.2, 0) is 17.1 Å². The van der Waals surface area contributed by atoms with Crippen molar-refractivity contribution in [3.63, 3.8) is 0 Å². The van der Waals surface area contributed by atoms with Gasteiger partial charge in [0, 0.05) is 28.0 Å². The standard InChI is InChI=1S/C10H8N2.C7H4Cl2O2.Cu.NO3/c1-3-7-11-9(5-1)10-6-2-4-8-12-10;8-5-1-4(3-10)7(11)6(9)2-5;;2-1(3)4/h1-8H;1-3,11H;;/q;;+2;-1/p-1. The molecule has 0 spiro atoms. The molecule has 0 aliphatic carbocycles. The van der Waals surface area contributed by atoms with Gasteiger partial charge in [-0.15, -0.1) is 0 Å². The van der Waals surface area contributed by atoms with E-state index in [0.29, 0.717) is 6.29 Å². The maximum absolute atomic E-state index is 10.9. The zero-order valence-corrected chi connectivity index (χ0v) is 16.2. The van der Waals surface area contributed by atoms with Crippen molar-refractivity contribution in [2.24, 2.45) is 0 Å². The summed E-state index contributed by atoms with van der Waals surface area (Å²) in [7, 11) is 0. The molecular weight excluding hydrogens is 461 g/mol. The monoisotopic (exact) mass is 470 g/mol. The molecule has 2 aromatic heterocycles. The predicted octanol–water partition coefficient (Wildman–Crippen LogP) is 3.78. The Bertz CT molecular complexity index is 845. The van der Waals surface area contributed by atoms with E-state index < -0.39 is 10.8 Å². The molecule has 0 N–H and O–H groups in total. The molecule has 11 heteroatoms. The van der Waals surface area contributed by atoms with Gasteiger partial charge in [0.25, 0.3) is 0 Å². The largest absolute Gasteiger partial charge is 2.00 e. The second kappa shape index (κ2) is 13.5. The second-order valence-electron chi connectivity index (χ2n) is 4.58.